The molecule has 6 heteroatoms. The van der Waals surface area contributed by atoms with Crippen LogP contribution in [0.15, 0.2) is 144 Å². The number of hydrogen-bond donors (Lipinski definition) is 0. The average Bonchev–Trinajstić information content (AvgIpc) is 3.82. The van der Waals surface area contributed by atoms with Crippen LogP contribution in [-0.2, 0) is 25.5 Å². The fraction of sp³-hybridized carbons (Fsp3) is 0.189. The van der Waals surface area contributed by atoms with Gasteiger partial charge in [0.25, 0.3) is 0 Å². The number of para-hydroxylation sites is 2. The zero-order valence-electron chi connectivity index (χ0n) is 34.5. The van der Waals surface area contributed by atoms with Crippen LogP contribution in [0.2, 0.25) is 0 Å². The molecule has 5 nitrogen and oxygen atoms in total. The van der Waals surface area contributed by atoms with Gasteiger partial charge in [-0.3, -0.25) is 4.98 Å². The molecule has 0 saturated carbocycles. The van der Waals surface area contributed by atoms with E-state index in [1.807, 2.05) is 48.5 Å². The monoisotopic (exact) mass is 947 g/mol. The van der Waals surface area contributed by atoms with Crippen molar-refractivity contribution >= 4 is 33.0 Å². The van der Waals surface area contributed by atoms with Crippen LogP contribution in [0.1, 0.15) is 82.6 Å². The summed E-state index contributed by atoms with van der Waals surface area (Å²) in [5.41, 5.74) is 13.8. The molecule has 0 aliphatic rings. The molecule has 59 heavy (non-hydrogen) atoms. The minimum atomic E-state index is -0.0411. The molecule has 0 unspecified atom stereocenters. The van der Waals surface area contributed by atoms with E-state index in [1.54, 1.807) is 12.3 Å². The number of benzene rings is 6. The van der Waals surface area contributed by atoms with Crippen molar-refractivity contribution in [2.24, 2.45) is 0 Å². The molecule has 6 aromatic carbocycles. The van der Waals surface area contributed by atoms with E-state index in [2.05, 4.69) is 155 Å². The molecule has 0 atom stereocenters. The van der Waals surface area contributed by atoms with Crippen LogP contribution in [-0.4, -0.2) is 14.5 Å². The molecule has 0 fully saturated rings. The Kier molecular flexibility index (Phi) is 11.8. The summed E-state index contributed by atoms with van der Waals surface area (Å²) in [6, 6.07) is 54.4. The number of nitrogens with zero attached hydrogens (tertiary/aromatic N) is 4. The van der Waals surface area contributed by atoms with Crippen LogP contribution in [0.3, 0.4) is 0 Å². The van der Waals surface area contributed by atoms with Gasteiger partial charge in [-0.1, -0.05) is 121 Å². The van der Waals surface area contributed by atoms with Crippen molar-refractivity contribution in [3.63, 3.8) is 0 Å². The standard InChI is InChI=1S/C42H38N3O.C11H8N.Ir/c1-25(2)33-21-29(27-13-9-8-10-14-27)22-34(26(3)4)39(33)45-36-16-12-11-15-35(36)44-41(45)32-19-17-28(24-43)38-31-20-18-30(42(5,6)7)23-37(31)46-40(32)38;1-2-6-10(7-3-1)11-8-4-5-9-12-11;/h8-18,20-23,25-26H,1-7H3;1-6,8-9H;/q2*-1;. The van der Waals surface area contributed by atoms with Gasteiger partial charge in [-0.05, 0) is 98.1 Å². The maximum absolute atomic E-state index is 10.2. The average molecular weight is 947 g/mol. The number of nitriles is 1. The van der Waals surface area contributed by atoms with Gasteiger partial charge in [-0.15, -0.1) is 48.0 Å². The van der Waals surface area contributed by atoms with Gasteiger partial charge in [0.15, 0.2) is 0 Å². The fourth-order valence-corrected chi connectivity index (χ4v) is 7.65. The molecule has 295 valence electrons. The molecule has 0 spiro atoms. The van der Waals surface area contributed by atoms with Crippen LogP contribution >= 0.6 is 0 Å². The third kappa shape index (κ3) is 8.02. The Morgan fingerprint density at radius 3 is 2.08 bits per heavy atom. The summed E-state index contributed by atoms with van der Waals surface area (Å²) in [6.07, 6.45) is 1.79. The first kappa shape index (κ1) is 41.1. The van der Waals surface area contributed by atoms with Gasteiger partial charge in [0.1, 0.15) is 5.58 Å². The Labute approximate surface area is 360 Å². The van der Waals surface area contributed by atoms with Crippen molar-refractivity contribution in [1.29, 1.82) is 5.26 Å². The second-order valence-corrected chi connectivity index (χ2v) is 16.4. The Hall–Kier alpha value is -6.12. The van der Waals surface area contributed by atoms with Gasteiger partial charge in [0, 0.05) is 43.4 Å². The second kappa shape index (κ2) is 17.0. The molecule has 0 aliphatic carbocycles. The van der Waals surface area contributed by atoms with Gasteiger partial charge in [-0.25, -0.2) is 5.26 Å². The van der Waals surface area contributed by atoms with Crippen LogP contribution in [0.5, 0.6) is 0 Å². The summed E-state index contributed by atoms with van der Waals surface area (Å²) >= 11 is 0. The zero-order chi connectivity index (χ0) is 40.6. The minimum Gasteiger partial charge on any atom is -0.500 e. The van der Waals surface area contributed by atoms with Crippen molar-refractivity contribution < 1.29 is 24.5 Å². The van der Waals surface area contributed by atoms with E-state index >= 15 is 0 Å². The third-order valence-electron chi connectivity index (χ3n) is 10.7. The first-order valence-corrected chi connectivity index (χ1v) is 19.9. The van der Waals surface area contributed by atoms with Crippen LogP contribution < -0.4 is 0 Å². The largest absolute Gasteiger partial charge is 0.500 e. The minimum absolute atomic E-state index is 0. The van der Waals surface area contributed by atoms with Crippen LogP contribution in [0, 0.1) is 23.5 Å². The Bertz CT molecular complexity index is 2870. The fourth-order valence-electron chi connectivity index (χ4n) is 7.65. The summed E-state index contributed by atoms with van der Waals surface area (Å²) in [4.78, 5) is 9.48. The van der Waals surface area contributed by atoms with E-state index in [1.165, 1.54) is 27.8 Å². The normalized spacial score (nSPS) is 11.5. The Morgan fingerprint density at radius 1 is 0.746 bits per heavy atom. The van der Waals surface area contributed by atoms with Crippen LogP contribution in [0.25, 0.3) is 72.4 Å². The van der Waals surface area contributed by atoms with Gasteiger partial charge < -0.3 is 14.0 Å². The number of fused-ring (bicyclic) bond motifs is 4. The zero-order valence-corrected chi connectivity index (χ0v) is 36.9. The summed E-state index contributed by atoms with van der Waals surface area (Å²) in [5.74, 6) is 1.25. The van der Waals surface area contributed by atoms with E-state index in [-0.39, 0.29) is 37.4 Å². The predicted octanol–water partition coefficient (Wildman–Crippen LogP) is 14.0. The number of aromatic nitrogens is 3. The molecule has 0 amide bonds. The molecule has 9 rings (SSSR count). The van der Waals surface area contributed by atoms with Crippen molar-refractivity contribution in [2.45, 2.75) is 65.7 Å². The second-order valence-electron chi connectivity index (χ2n) is 16.4. The third-order valence-corrected chi connectivity index (χ3v) is 10.7. The van der Waals surface area contributed by atoms with Crippen molar-refractivity contribution in [1.82, 2.24) is 14.5 Å². The maximum Gasteiger partial charge on any atom is 0.121 e. The first-order valence-electron chi connectivity index (χ1n) is 19.9. The first-order chi connectivity index (χ1) is 28.0. The smallest absolute Gasteiger partial charge is 0.121 e. The van der Waals surface area contributed by atoms with E-state index in [0.717, 1.165) is 55.7 Å². The number of pyridine rings is 1. The maximum atomic E-state index is 10.2. The van der Waals surface area contributed by atoms with Gasteiger partial charge in [0.2, 0.25) is 0 Å². The summed E-state index contributed by atoms with van der Waals surface area (Å²) in [6.45, 7) is 15.6. The molecule has 3 heterocycles. The van der Waals surface area contributed by atoms with Crippen molar-refractivity contribution in [3.05, 3.63) is 174 Å². The molecule has 0 bridgehead atoms. The Balaban J connectivity index is 0.000000347. The van der Waals surface area contributed by atoms with Crippen molar-refractivity contribution in [3.8, 4) is 45.5 Å². The molecule has 1 radical (unpaired) electrons. The van der Waals surface area contributed by atoms with E-state index in [9.17, 15) is 5.26 Å². The summed E-state index contributed by atoms with van der Waals surface area (Å²) < 4.78 is 9.01. The molecular weight excluding hydrogens is 901 g/mol. The van der Waals surface area contributed by atoms with E-state index in [0.29, 0.717) is 11.1 Å². The van der Waals surface area contributed by atoms with E-state index in [4.69, 9.17) is 9.40 Å². The van der Waals surface area contributed by atoms with Gasteiger partial charge in [-0.2, -0.15) is 0 Å². The predicted molar refractivity (Wildman–Crippen MR) is 238 cm³/mol. The SMILES string of the molecule is CC(C)c1cc(-c2ccccc2)cc(C(C)C)c1-n1c(-c2[c-]cc(C#N)c3c2oc2cc(C(C)(C)C)ccc23)nc2ccccc21.[Ir].[c-]1ccccc1-c1ccccn1. The molecular formula is C53H46IrN4O-2. The molecule has 9 aromatic rings. The van der Waals surface area contributed by atoms with Gasteiger partial charge in [0.05, 0.1) is 22.4 Å². The van der Waals surface area contributed by atoms with Gasteiger partial charge >= 0.3 is 0 Å². The topological polar surface area (TPSA) is 67.6 Å². The van der Waals surface area contributed by atoms with Crippen LogP contribution in [0.4, 0.5) is 0 Å². The molecule has 0 saturated heterocycles. The number of imidazole rings is 1. The number of rotatable bonds is 6. The van der Waals surface area contributed by atoms with E-state index < -0.39 is 0 Å². The quantitative estimate of drug-likeness (QED) is 0.156. The molecule has 3 aromatic heterocycles. The number of hydrogen-bond acceptors (Lipinski definition) is 4. The van der Waals surface area contributed by atoms with Crippen molar-refractivity contribution in [2.75, 3.05) is 0 Å². The molecule has 0 aliphatic heterocycles. The summed E-state index contributed by atoms with van der Waals surface area (Å²) in [5, 5.41) is 11.9. The molecule has 0 N–H and O–H groups in total. The summed E-state index contributed by atoms with van der Waals surface area (Å²) in [7, 11) is 0. The Morgan fingerprint density at radius 2 is 1.44 bits per heavy atom. The number of furan rings is 1.